The summed E-state index contributed by atoms with van der Waals surface area (Å²) in [5, 5.41) is 13.8. The molecule has 11 heteroatoms. The maximum absolute atomic E-state index is 13.6. The summed E-state index contributed by atoms with van der Waals surface area (Å²) in [6, 6.07) is 2.14. The highest BCUT2D eigenvalue weighted by atomic mass is 19.3. The van der Waals surface area contributed by atoms with Gasteiger partial charge in [0.2, 0.25) is 5.88 Å². The molecular weight excluding hydrogens is 476 g/mol. The smallest absolute Gasteiger partial charge is 0.326 e. The highest BCUT2D eigenvalue weighted by Crippen LogP contribution is 2.34. The van der Waals surface area contributed by atoms with Crippen molar-refractivity contribution in [2.75, 3.05) is 19.8 Å². The van der Waals surface area contributed by atoms with E-state index in [1.54, 1.807) is 13.8 Å². The number of amides is 2. The van der Waals surface area contributed by atoms with Crippen molar-refractivity contribution in [2.24, 2.45) is 5.73 Å². The summed E-state index contributed by atoms with van der Waals surface area (Å²) in [7, 11) is 0. The van der Waals surface area contributed by atoms with Crippen LogP contribution in [-0.2, 0) is 9.53 Å². The van der Waals surface area contributed by atoms with Crippen LogP contribution in [0.15, 0.2) is 18.3 Å². The first-order chi connectivity index (χ1) is 17.0. The summed E-state index contributed by atoms with van der Waals surface area (Å²) in [6.07, 6.45) is 1.14. The number of carbonyl (C=O) groups is 2. The topological polar surface area (TPSA) is 133 Å². The molecule has 2 aromatic rings. The summed E-state index contributed by atoms with van der Waals surface area (Å²) >= 11 is 0. The predicted octanol–water partition coefficient (Wildman–Crippen LogP) is 1.92. The van der Waals surface area contributed by atoms with Crippen molar-refractivity contribution in [1.29, 1.82) is 0 Å². The van der Waals surface area contributed by atoms with Gasteiger partial charge in [-0.1, -0.05) is 11.8 Å². The number of nitrogens with zero attached hydrogens (tertiary/aromatic N) is 1. The molecule has 2 aliphatic heterocycles. The van der Waals surface area contributed by atoms with Gasteiger partial charge in [-0.2, -0.15) is 8.78 Å². The van der Waals surface area contributed by atoms with Crippen LogP contribution in [0.2, 0.25) is 0 Å². The van der Waals surface area contributed by atoms with E-state index in [1.165, 1.54) is 18.3 Å². The average Bonchev–Trinajstić information content (AvgIpc) is 3.07. The van der Waals surface area contributed by atoms with Crippen molar-refractivity contribution >= 4 is 22.6 Å². The Hall–Kier alpha value is -3.49. The zero-order chi connectivity index (χ0) is 26.1. The molecule has 0 spiro atoms. The largest absolute Gasteiger partial charge is 0.490 e. The van der Waals surface area contributed by atoms with Crippen molar-refractivity contribution in [3.05, 3.63) is 29.5 Å². The molecule has 2 amide bonds. The molecule has 36 heavy (non-hydrogen) atoms. The lowest BCUT2D eigenvalue weighted by atomic mass is 9.94. The number of benzene rings is 1. The Labute approximate surface area is 206 Å². The van der Waals surface area contributed by atoms with E-state index in [2.05, 4.69) is 22.1 Å². The molecule has 0 saturated carbocycles. The maximum Gasteiger partial charge on any atom is 0.326 e. The van der Waals surface area contributed by atoms with Gasteiger partial charge in [0.1, 0.15) is 18.0 Å². The summed E-state index contributed by atoms with van der Waals surface area (Å²) in [5.41, 5.74) is 4.89. The van der Waals surface area contributed by atoms with Gasteiger partial charge in [-0.25, -0.2) is 4.98 Å². The third-order valence-electron chi connectivity index (χ3n) is 5.92. The Morgan fingerprint density at radius 3 is 2.67 bits per heavy atom. The van der Waals surface area contributed by atoms with E-state index in [0.29, 0.717) is 42.4 Å². The number of primary amides is 1. The average molecular weight is 504 g/mol. The van der Waals surface area contributed by atoms with Gasteiger partial charge >= 0.3 is 5.92 Å². The molecule has 2 aliphatic rings. The third-order valence-corrected chi connectivity index (χ3v) is 5.92. The SMILES string of the molecule is CC(C)Oc1cc2c(OC[C@@H]3CC(F)(F)C(=O)N3)ncc(C#CC3(O)CCOCC3)c2cc1C(N)=O. The Kier molecular flexibility index (Phi) is 7.02. The Balaban J connectivity index is 1.75. The fraction of sp³-hybridized carbons (Fsp3) is 0.480. The van der Waals surface area contributed by atoms with Gasteiger partial charge in [0.05, 0.1) is 36.5 Å². The number of aliphatic hydroxyl groups is 1. The number of carbonyl (C=O) groups excluding carboxylic acids is 2. The number of halogens is 2. The minimum atomic E-state index is -3.46. The van der Waals surface area contributed by atoms with Gasteiger partial charge in [0.25, 0.3) is 11.8 Å². The minimum absolute atomic E-state index is 0.0782. The van der Waals surface area contributed by atoms with Gasteiger partial charge < -0.3 is 30.4 Å². The van der Waals surface area contributed by atoms with Crippen molar-refractivity contribution < 1.29 is 37.7 Å². The number of hydrogen-bond acceptors (Lipinski definition) is 7. The van der Waals surface area contributed by atoms with Gasteiger partial charge in [-0.05, 0) is 26.0 Å². The van der Waals surface area contributed by atoms with Crippen LogP contribution < -0.4 is 20.5 Å². The molecule has 1 atom stereocenters. The Morgan fingerprint density at radius 2 is 2.06 bits per heavy atom. The van der Waals surface area contributed by atoms with Crippen LogP contribution >= 0.6 is 0 Å². The summed E-state index contributed by atoms with van der Waals surface area (Å²) in [6.45, 7) is 4.09. The van der Waals surface area contributed by atoms with E-state index in [1.807, 2.05) is 0 Å². The molecule has 1 aromatic carbocycles. The minimum Gasteiger partial charge on any atom is -0.490 e. The molecule has 2 saturated heterocycles. The zero-order valence-electron chi connectivity index (χ0n) is 19.9. The molecule has 4 rings (SSSR count). The van der Waals surface area contributed by atoms with Crippen molar-refractivity contribution in [3.63, 3.8) is 0 Å². The lowest BCUT2D eigenvalue weighted by Gasteiger charge is -2.26. The first-order valence-electron chi connectivity index (χ1n) is 11.6. The van der Waals surface area contributed by atoms with E-state index in [9.17, 15) is 23.5 Å². The monoisotopic (exact) mass is 503 g/mol. The van der Waals surface area contributed by atoms with Gasteiger partial charge in [-0.3, -0.25) is 9.59 Å². The van der Waals surface area contributed by atoms with Crippen molar-refractivity contribution in [3.8, 4) is 23.5 Å². The molecule has 3 heterocycles. The molecule has 0 aliphatic carbocycles. The molecule has 1 aromatic heterocycles. The number of nitrogens with one attached hydrogen (secondary N) is 1. The molecule has 0 unspecified atom stereocenters. The number of fused-ring (bicyclic) bond motifs is 1. The molecule has 4 N–H and O–H groups in total. The van der Waals surface area contributed by atoms with Crippen LogP contribution in [0, 0.1) is 11.8 Å². The van der Waals surface area contributed by atoms with E-state index < -0.39 is 35.8 Å². The first kappa shape index (κ1) is 25.6. The molecule has 2 fully saturated rings. The second-order valence-electron chi connectivity index (χ2n) is 9.19. The highest BCUT2D eigenvalue weighted by Gasteiger charge is 2.48. The van der Waals surface area contributed by atoms with Crippen LogP contribution in [-0.4, -0.2) is 65.4 Å². The number of hydrogen-bond donors (Lipinski definition) is 3. The number of pyridine rings is 1. The number of ether oxygens (including phenoxy) is 3. The van der Waals surface area contributed by atoms with Crippen molar-refractivity contribution in [2.45, 2.75) is 56.8 Å². The van der Waals surface area contributed by atoms with E-state index in [-0.39, 0.29) is 29.9 Å². The van der Waals surface area contributed by atoms with Crippen molar-refractivity contribution in [1.82, 2.24) is 10.3 Å². The number of alkyl halides is 2. The zero-order valence-corrected chi connectivity index (χ0v) is 19.9. The van der Waals surface area contributed by atoms with Gasteiger partial charge in [0.15, 0.2) is 0 Å². The predicted molar refractivity (Wildman–Crippen MR) is 125 cm³/mol. The fourth-order valence-corrected chi connectivity index (χ4v) is 4.04. The summed E-state index contributed by atoms with van der Waals surface area (Å²) < 4.78 is 44.0. The van der Waals surface area contributed by atoms with Gasteiger partial charge in [0, 0.05) is 36.2 Å². The normalized spacial score (nSPS) is 20.5. The Bertz CT molecular complexity index is 1250. The van der Waals surface area contributed by atoms with E-state index in [4.69, 9.17) is 19.9 Å². The lowest BCUT2D eigenvalue weighted by molar-refractivity contribution is -0.139. The first-order valence-corrected chi connectivity index (χ1v) is 11.6. The molecule has 0 radical (unpaired) electrons. The quantitative estimate of drug-likeness (QED) is 0.513. The van der Waals surface area contributed by atoms with Crippen LogP contribution in [0.25, 0.3) is 10.8 Å². The second kappa shape index (κ2) is 9.87. The highest BCUT2D eigenvalue weighted by molar-refractivity contribution is 6.03. The number of aromatic nitrogens is 1. The third kappa shape index (κ3) is 5.50. The van der Waals surface area contributed by atoms with E-state index >= 15 is 0 Å². The Morgan fingerprint density at radius 1 is 1.33 bits per heavy atom. The molecule has 9 nitrogen and oxygen atoms in total. The summed E-state index contributed by atoms with van der Waals surface area (Å²) in [4.78, 5) is 27.9. The standard InChI is InChI=1S/C25H27F2N3O6/c1-14(2)36-20-10-18-17(9-19(20)21(28)31)15(3-4-24(33)5-7-34-8-6-24)12-29-22(18)35-13-16-11-25(26,27)23(32)30-16/h9-10,12,14,16,33H,5-8,11,13H2,1-2H3,(H2,28,31)(H,30,32)/t16-/m0/s1. The van der Waals surface area contributed by atoms with Crippen LogP contribution in [0.5, 0.6) is 11.6 Å². The molecule has 192 valence electrons. The van der Waals surface area contributed by atoms with Crippen LogP contribution in [0.3, 0.4) is 0 Å². The maximum atomic E-state index is 13.6. The second-order valence-corrected chi connectivity index (χ2v) is 9.19. The lowest BCUT2D eigenvalue weighted by Crippen LogP contribution is -2.34. The summed E-state index contributed by atoms with van der Waals surface area (Å²) in [5.74, 6) is 0.581. The molecular formula is C25H27F2N3O6. The van der Waals surface area contributed by atoms with Crippen LogP contribution in [0.1, 0.15) is 49.0 Å². The molecule has 0 bridgehead atoms. The number of nitrogens with two attached hydrogens (primary N) is 1. The number of rotatable bonds is 6. The fourth-order valence-electron chi connectivity index (χ4n) is 4.04. The van der Waals surface area contributed by atoms with Crippen LogP contribution in [0.4, 0.5) is 8.78 Å². The van der Waals surface area contributed by atoms with E-state index in [0.717, 1.165) is 0 Å². The van der Waals surface area contributed by atoms with Gasteiger partial charge in [-0.15, -0.1) is 0 Å².